The highest BCUT2D eigenvalue weighted by Gasteiger charge is 2.14. The van der Waals surface area contributed by atoms with Gasteiger partial charge < -0.3 is 0 Å². The number of Topliss-reactive ketones (excluding diaryl/α,β-unsaturated/α-hetero) is 1. The maximum Gasteiger partial charge on any atom is 0.261 e. The number of hydrogen-bond acceptors (Lipinski definition) is 3. The zero-order valence-corrected chi connectivity index (χ0v) is 13.7. The third-order valence-electron chi connectivity index (χ3n) is 2.91. The number of carbonyl (C=O) groups excluding carboxylic acids is 1. The van der Waals surface area contributed by atoms with E-state index in [9.17, 15) is 13.2 Å². The van der Waals surface area contributed by atoms with Crippen LogP contribution in [-0.2, 0) is 10.0 Å². The Morgan fingerprint density at radius 2 is 1.62 bits per heavy atom. The van der Waals surface area contributed by atoms with Crippen molar-refractivity contribution in [1.29, 1.82) is 0 Å². The summed E-state index contributed by atoms with van der Waals surface area (Å²) >= 11 is 3.09. The SMILES string of the molecule is Cc1ccc(S(=O)(=O)Nc2ccc(C(=O)CBr)cc2)cc1. The summed E-state index contributed by atoms with van der Waals surface area (Å²) in [6, 6.07) is 12.9. The van der Waals surface area contributed by atoms with Crippen LogP contribution >= 0.6 is 15.9 Å². The van der Waals surface area contributed by atoms with Crippen molar-refractivity contribution >= 4 is 37.4 Å². The maximum absolute atomic E-state index is 12.2. The van der Waals surface area contributed by atoms with Crippen LogP contribution in [0.3, 0.4) is 0 Å². The maximum atomic E-state index is 12.2. The van der Waals surface area contributed by atoms with E-state index in [1.54, 1.807) is 48.5 Å². The molecular formula is C15H14BrNO3S. The summed E-state index contributed by atoms with van der Waals surface area (Å²) in [5.74, 6) is -0.0528. The Morgan fingerprint density at radius 3 is 2.14 bits per heavy atom. The van der Waals surface area contributed by atoms with Crippen LogP contribution < -0.4 is 4.72 Å². The minimum absolute atomic E-state index is 0.0528. The van der Waals surface area contributed by atoms with E-state index in [1.165, 1.54) is 0 Å². The Kier molecular flexibility index (Phi) is 4.80. The summed E-state index contributed by atoms with van der Waals surface area (Å²) in [4.78, 5) is 11.7. The fourth-order valence-electron chi connectivity index (χ4n) is 1.73. The van der Waals surface area contributed by atoms with Crippen LogP contribution in [0.15, 0.2) is 53.4 Å². The molecule has 0 bridgehead atoms. The molecule has 0 aromatic heterocycles. The molecule has 2 rings (SSSR count). The van der Waals surface area contributed by atoms with Crippen molar-refractivity contribution in [3.05, 3.63) is 59.7 Å². The van der Waals surface area contributed by atoms with Gasteiger partial charge in [-0.15, -0.1) is 0 Å². The molecule has 110 valence electrons. The van der Waals surface area contributed by atoms with E-state index in [0.29, 0.717) is 11.3 Å². The number of carbonyl (C=O) groups is 1. The lowest BCUT2D eigenvalue weighted by Crippen LogP contribution is -2.13. The zero-order chi connectivity index (χ0) is 15.5. The lowest BCUT2D eigenvalue weighted by atomic mass is 10.1. The number of aryl methyl sites for hydroxylation is 1. The average molecular weight is 368 g/mol. The predicted octanol–water partition coefficient (Wildman–Crippen LogP) is 3.37. The molecule has 0 saturated carbocycles. The minimum atomic E-state index is -3.61. The van der Waals surface area contributed by atoms with Gasteiger partial charge in [0.1, 0.15) is 0 Å². The average Bonchev–Trinajstić information content (AvgIpc) is 2.47. The van der Waals surface area contributed by atoms with Crippen LogP contribution in [0.2, 0.25) is 0 Å². The van der Waals surface area contributed by atoms with Crippen LogP contribution in [-0.4, -0.2) is 19.5 Å². The molecule has 4 nitrogen and oxygen atoms in total. The lowest BCUT2D eigenvalue weighted by molar-refractivity contribution is 0.102. The first-order chi connectivity index (χ1) is 9.92. The molecule has 0 amide bonds. The summed E-state index contributed by atoms with van der Waals surface area (Å²) in [6.07, 6.45) is 0. The first kappa shape index (κ1) is 15.7. The highest BCUT2D eigenvalue weighted by molar-refractivity contribution is 9.09. The number of rotatable bonds is 5. The molecule has 0 heterocycles. The number of ketones is 1. The first-order valence-electron chi connectivity index (χ1n) is 6.21. The van der Waals surface area contributed by atoms with Gasteiger partial charge in [-0.25, -0.2) is 8.42 Å². The second kappa shape index (κ2) is 6.41. The van der Waals surface area contributed by atoms with Crippen molar-refractivity contribution in [3.8, 4) is 0 Å². The molecule has 2 aromatic rings. The van der Waals surface area contributed by atoms with Crippen LogP contribution in [0.25, 0.3) is 0 Å². The molecule has 0 aliphatic carbocycles. The normalized spacial score (nSPS) is 11.1. The molecule has 1 N–H and O–H groups in total. The minimum Gasteiger partial charge on any atom is -0.293 e. The lowest BCUT2D eigenvalue weighted by Gasteiger charge is -2.08. The van der Waals surface area contributed by atoms with E-state index in [2.05, 4.69) is 20.7 Å². The topological polar surface area (TPSA) is 63.2 Å². The van der Waals surface area contributed by atoms with Crippen molar-refractivity contribution in [2.45, 2.75) is 11.8 Å². The summed E-state index contributed by atoms with van der Waals surface area (Å²) in [5.41, 5.74) is 1.94. The number of benzene rings is 2. The molecule has 0 fully saturated rings. The molecule has 0 radical (unpaired) electrons. The molecular weight excluding hydrogens is 354 g/mol. The zero-order valence-electron chi connectivity index (χ0n) is 11.3. The molecule has 0 unspecified atom stereocenters. The number of halogens is 1. The number of anilines is 1. The Hall–Kier alpha value is -1.66. The van der Waals surface area contributed by atoms with E-state index in [0.717, 1.165) is 5.56 Å². The summed E-state index contributed by atoms with van der Waals surface area (Å²) in [5, 5.41) is 0.238. The molecule has 0 spiro atoms. The van der Waals surface area contributed by atoms with Gasteiger partial charge >= 0.3 is 0 Å². The van der Waals surface area contributed by atoms with Crippen LogP contribution in [0.4, 0.5) is 5.69 Å². The van der Waals surface area contributed by atoms with Gasteiger partial charge in [0, 0.05) is 11.3 Å². The number of alkyl halides is 1. The standard InChI is InChI=1S/C15H14BrNO3S/c1-11-2-8-14(9-3-11)21(19,20)17-13-6-4-12(5-7-13)15(18)10-16/h2-9,17H,10H2,1H3. The van der Waals surface area contributed by atoms with Gasteiger partial charge in [0.15, 0.2) is 5.78 Å². The highest BCUT2D eigenvalue weighted by Crippen LogP contribution is 2.17. The van der Waals surface area contributed by atoms with Crippen molar-refractivity contribution < 1.29 is 13.2 Å². The Bertz CT molecular complexity index is 737. The molecule has 6 heteroatoms. The van der Waals surface area contributed by atoms with Crippen molar-refractivity contribution in [2.24, 2.45) is 0 Å². The van der Waals surface area contributed by atoms with Gasteiger partial charge in [-0.3, -0.25) is 9.52 Å². The Balaban J connectivity index is 2.20. The fraction of sp³-hybridized carbons (Fsp3) is 0.133. The van der Waals surface area contributed by atoms with Gasteiger partial charge in [0.2, 0.25) is 0 Å². The van der Waals surface area contributed by atoms with Crippen LogP contribution in [0.5, 0.6) is 0 Å². The second-order valence-electron chi connectivity index (χ2n) is 4.55. The van der Waals surface area contributed by atoms with E-state index < -0.39 is 10.0 Å². The smallest absolute Gasteiger partial charge is 0.261 e. The van der Waals surface area contributed by atoms with E-state index >= 15 is 0 Å². The molecule has 0 aliphatic rings. The van der Waals surface area contributed by atoms with Gasteiger partial charge in [-0.2, -0.15) is 0 Å². The third kappa shape index (κ3) is 3.92. The van der Waals surface area contributed by atoms with Gasteiger partial charge in [0.25, 0.3) is 10.0 Å². The van der Waals surface area contributed by atoms with Crippen LogP contribution in [0.1, 0.15) is 15.9 Å². The summed E-state index contributed by atoms with van der Waals surface area (Å²) in [7, 11) is -3.61. The van der Waals surface area contributed by atoms with Crippen molar-refractivity contribution in [1.82, 2.24) is 0 Å². The Labute approximate surface area is 132 Å². The Morgan fingerprint density at radius 1 is 1.05 bits per heavy atom. The van der Waals surface area contributed by atoms with E-state index in [-0.39, 0.29) is 16.0 Å². The van der Waals surface area contributed by atoms with Gasteiger partial charge in [0.05, 0.1) is 10.2 Å². The van der Waals surface area contributed by atoms with Gasteiger partial charge in [-0.1, -0.05) is 33.6 Å². The molecule has 0 saturated heterocycles. The van der Waals surface area contributed by atoms with Crippen molar-refractivity contribution in [3.63, 3.8) is 0 Å². The second-order valence-corrected chi connectivity index (χ2v) is 6.80. The number of hydrogen-bond donors (Lipinski definition) is 1. The largest absolute Gasteiger partial charge is 0.293 e. The summed E-state index contributed by atoms with van der Waals surface area (Å²) in [6.45, 7) is 1.89. The predicted molar refractivity (Wildman–Crippen MR) is 86.6 cm³/mol. The quantitative estimate of drug-likeness (QED) is 0.650. The monoisotopic (exact) mass is 367 g/mol. The molecule has 2 aromatic carbocycles. The van der Waals surface area contributed by atoms with E-state index in [1.807, 2.05) is 6.92 Å². The molecule has 0 atom stereocenters. The molecule has 21 heavy (non-hydrogen) atoms. The summed E-state index contributed by atoms with van der Waals surface area (Å²) < 4.78 is 26.9. The third-order valence-corrected chi connectivity index (χ3v) is 4.82. The van der Waals surface area contributed by atoms with E-state index in [4.69, 9.17) is 0 Å². The van der Waals surface area contributed by atoms with Gasteiger partial charge in [-0.05, 0) is 43.3 Å². The first-order valence-corrected chi connectivity index (χ1v) is 8.81. The number of nitrogens with one attached hydrogen (secondary N) is 1. The van der Waals surface area contributed by atoms with Crippen LogP contribution in [0, 0.1) is 6.92 Å². The molecule has 0 aliphatic heterocycles. The highest BCUT2D eigenvalue weighted by atomic mass is 79.9. The van der Waals surface area contributed by atoms with Crippen molar-refractivity contribution in [2.75, 3.05) is 10.1 Å². The fourth-order valence-corrected chi connectivity index (χ4v) is 3.12. The number of sulfonamides is 1.